The molecule has 1 N–H and O–H groups in total. The van der Waals surface area contributed by atoms with E-state index < -0.39 is 24.5 Å². The first-order chi connectivity index (χ1) is 9.88. The van der Waals surface area contributed by atoms with Crippen LogP contribution in [0.25, 0.3) is 11.1 Å². The van der Waals surface area contributed by atoms with Gasteiger partial charge < -0.3 is 5.11 Å². The van der Waals surface area contributed by atoms with Gasteiger partial charge in [0.2, 0.25) is 0 Å². The first-order valence-corrected chi connectivity index (χ1v) is 6.32. The average molecular weight is 294 g/mol. The van der Waals surface area contributed by atoms with Crippen molar-refractivity contribution in [3.05, 3.63) is 60.2 Å². The van der Waals surface area contributed by atoms with E-state index in [1.807, 2.05) is 30.3 Å². The molecule has 0 aliphatic carbocycles. The van der Waals surface area contributed by atoms with Crippen molar-refractivity contribution in [3.63, 3.8) is 0 Å². The van der Waals surface area contributed by atoms with Gasteiger partial charge >= 0.3 is 12.1 Å². The number of carboxylic acid groups (broad SMARTS) is 1. The third-order valence-electron chi connectivity index (χ3n) is 3.19. The highest BCUT2D eigenvalue weighted by atomic mass is 19.4. The maximum Gasteiger partial charge on any atom is 0.396 e. The molecule has 1 atom stereocenters. The van der Waals surface area contributed by atoms with Crippen molar-refractivity contribution in [3.8, 4) is 11.1 Å². The second-order valence-electron chi connectivity index (χ2n) is 4.68. The summed E-state index contributed by atoms with van der Waals surface area (Å²) in [5, 5.41) is 8.64. The minimum absolute atomic E-state index is 0.0374. The molecule has 0 radical (unpaired) electrons. The summed E-state index contributed by atoms with van der Waals surface area (Å²) in [6.07, 6.45) is -5.54. The minimum atomic E-state index is -4.58. The summed E-state index contributed by atoms with van der Waals surface area (Å²) in [6, 6.07) is 15.1. The third kappa shape index (κ3) is 3.84. The molecule has 2 nitrogen and oxygen atoms in total. The van der Waals surface area contributed by atoms with Crippen LogP contribution in [0.4, 0.5) is 13.2 Å². The van der Waals surface area contributed by atoms with Crippen LogP contribution in [0, 0.1) is 0 Å². The zero-order chi connectivity index (χ0) is 15.5. The van der Waals surface area contributed by atoms with Gasteiger partial charge in [-0.3, -0.25) is 4.79 Å². The predicted octanol–water partition coefficient (Wildman–Crippen LogP) is 4.47. The van der Waals surface area contributed by atoms with Gasteiger partial charge in [-0.25, -0.2) is 0 Å². The number of alkyl halides is 3. The Kier molecular flexibility index (Phi) is 4.31. The summed E-state index contributed by atoms with van der Waals surface area (Å²) >= 11 is 0. The van der Waals surface area contributed by atoms with Gasteiger partial charge in [-0.1, -0.05) is 54.6 Å². The van der Waals surface area contributed by atoms with E-state index in [1.165, 1.54) is 12.1 Å². The molecule has 1 unspecified atom stereocenters. The van der Waals surface area contributed by atoms with Crippen LogP contribution in [-0.2, 0) is 4.79 Å². The average Bonchev–Trinajstić information content (AvgIpc) is 2.45. The van der Waals surface area contributed by atoms with Gasteiger partial charge in [0.25, 0.3) is 0 Å². The lowest BCUT2D eigenvalue weighted by atomic mass is 9.93. The molecule has 0 bridgehead atoms. The quantitative estimate of drug-likeness (QED) is 0.903. The molecule has 0 spiro atoms. The summed E-state index contributed by atoms with van der Waals surface area (Å²) in [4.78, 5) is 10.6. The zero-order valence-corrected chi connectivity index (χ0v) is 11.0. The first-order valence-electron chi connectivity index (χ1n) is 6.32. The van der Waals surface area contributed by atoms with Crippen LogP contribution in [0.5, 0.6) is 0 Å². The summed E-state index contributed by atoms with van der Waals surface area (Å²) < 4.78 is 38.8. The number of aliphatic carboxylic acids is 1. The van der Waals surface area contributed by atoms with Gasteiger partial charge in [0.05, 0.1) is 12.3 Å². The Balaban J connectivity index is 2.30. The smallest absolute Gasteiger partial charge is 0.396 e. The Morgan fingerprint density at radius 1 is 0.952 bits per heavy atom. The van der Waals surface area contributed by atoms with Gasteiger partial charge in [0.1, 0.15) is 0 Å². The van der Waals surface area contributed by atoms with Crippen molar-refractivity contribution in [2.45, 2.75) is 18.5 Å². The summed E-state index contributed by atoms with van der Waals surface area (Å²) in [6.45, 7) is 0. The summed E-state index contributed by atoms with van der Waals surface area (Å²) in [5.74, 6) is -3.45. The van der Waals surface area contributed by atoms with Gasteiger partial charge in [-0.05, 0) is 16.7 Å². The van der Waals surface area contributed by atoms with E-state index in [0.717, 1.165) is 11.1 Å². The standard InChI is InChI=1S/C16H13F3O2/c17-16(18,19)14(10-15(20)21)13-8-6-12(7-9-13)11-4-2-1-3-5-11/h1-9,14H,10H2,(H,20,21). The van der Waals surface area contributed by atoms with E-state index in [4.69, 9.17) is 5.11 Å². The van der Waals surface area contributed by atoms with Crippen LogP contribution in [0.15, 0.2) is 54.6 Å². The van der Waals surface area contributed by atoms with Crippen molar-refractivity contribution >= 4 is 5.97 Å². The number of carboxylic acids is 1. The van der Waals surface area contributed by atoms with Crippen molar-refractivity contribution in [1.82, 2.24) is 0 Å². The van der Waals surface area contributed by atoms with Crippen LogP contribution < -0.4 is 0 Å². The van der Waals surface area contributed by atoms with Gasteiger partial charge in [-0.2, -0.15) is 13.2 Å². The number of hydrogen-bond acceptors (Lipinski definition) is 1. The molecule has 0 amide bonds. The fraction of sp³-hybridized carbons (Fsp3) is 0.188. The highest BCUT2D eigenvalue weighted by molar-refractivity contribution is 5.68. The normalized spacial score (nSPS) is 12.9. The molecule has 0 aliphatic heterocycles. The number of halogens is 3. The molecule has 0 aliphatic rings. The molecule has 2 rings (SSSR count). The highest BCUT2D eigenvalue weighted by Gasteiger charge is 2.41. The van der Waals surface area contributed by atoms with Crippen molar-refractivity contribution in [1.29, 1.82) is 0 Å². The highest BCUT2D eigenvalue weighted by Crippen LogP contribution is 2.38. The molecule has 0 saturated heterocycles. The van der Waals surface area contributed by atoms with E-state index in [-0.39, 0.29) is 5.56 Å². The molecule has 0 heterocycles. The van der Waals surface area contributed by atoms with Crippen LogP contribution in [0.2, 0.25) is 0 Å². The number of carbonyl (C=O) groups is 1. The molecule has 0 fully saturated rings. The van der Waals surface area contributed by atoms with Crippen LogP contribution in [0.1, 0.15) is 17.9 Å². The Labute approximate surface area is 119 Å². The second kappa shape index (κ2) is 5.99. The molecular formula is C16H13F3O2. The van der Waals surface area contributed by atoms with Crippen LogP contribution >= 0.6 is 0 Å². The molecule has 2 aromatic rings. The van der Waals surface area contributed by atoms with E-state index >= 15 is 0 Å². The predicted molar refractivity (Wildman–Crippen MR) is 72.9 cm³/mol. The Bertz CT molecular complexity index is 604. The van der Waals surface area contributed by atoms with E-state index in [2.05, 4.69) is 0 Å². The van der Waals surface area contributed by atoms with E-state index in [1.54, 1.807) is 12.1 Å². The molecule has 0 saturated carbocycles. The van der Waals surface area contributed by atoms with Crippen LogP contribution in [-0.4, -0.2) is 17.3 Å². The molecule has 5 heteroatoms. The topological polar surface area (TPSA) is 37.3 Å². The lowest BCUT2D eigenvalue weighted by molar-refractivity contribution is -0.163. The monoisotopic (exact) mass is 294 g/mol. The number of benzene rings is 2. The van der Waals surface area contributed by atoms with Gasteiger partial charge in [-0.15, -0.1) is 0 Å². The van der Waals surface area contributed by atoms with Crippen molar-refractivity contribution < 1.29 is 23.1 Å². The maximum atomic E-state index is 12.9. The summed E-state index contributed by atoms with van der Waals surface area (Å²) in [5.41, 5.74) is 1.64. The Morgan fingerprint density at radius 2 is 1.48 bits per heavy atom. The van der Waals surface area contributed by atoms with Crippen LogP contribution in [0.3, 0.4) is 0 Å². The Hall–Kier alpha value is -2.30. The lowest BCUT2D eigenvalue weighted by Gasteiger charge is -2.19. The van der Waals surface area contributed by atoms with Gasteiger partial charge in [0.15, 0.2) is 0 Å². The maximum absolute atomic E-state index is 12.9. The largest absolute Gasteiger partial charge is 0.481 e. The summed E-state index contributed by atoms with van der Waals surface area (Å²) in [7, 11) is 0. The lowest BCUT2D eigenvalue weighted by Crippen LogP contribution is -2.23. The molecule has 21 heavy (non-hydrogen) atoms. The molecule has 0 aromatic heterocycles. The molecule has 2 aromatic carbocycles. The van der Waals surface area contributed by atoms with Crippen molar-refractivity contribution in [2.24, 2.45) is 0 Å². The SMILES string of the molecule is O=C(O)CC(c1ccc(-c2ccccc2)cc1)C(F)(F)F. The molecule has 110 valence electrons. The zero-order valence-electron chi connectivity index (χ0n) is 11.0. The molecular weight excluding hydrogens is 281 g/mol. The van der Waals surface area contributed by atoms with E-state index in [9.17, 15) is 18.0 Å². The number of hydrogen-bond donors (Lipinski definition) is 1. The number of rotatable bonds is 4. The first kappa shape index (κ1) is 15.1. The van der Waals surface area contributed by atoms with E-state index in [0.29, 0.717) is 0 Å². The third-order valence-corrected chi connectivity index (χ3v) is 3.19. The van der Waals surface area contributed by atoms with Crippen molar-refractivity contribution in [2.75, 3.05) is 0 Å². The Morgan fingerprint density at radius 3 is 1.95 bits per heavy atom. The fourth-order valence-corrected chi connectivity index (χ4v) is 2.14. The fourth-order valence-electron chi connectivity index (χ4n) is 2.14. The minimum Gasteiger partial charge on any atom is -0.481 e. The second-order valence-corrected chi connectivity index (χ2v) is 4.68. The van der Waals surface area contributed by atoms with Gasteiger partial charge in [0, 0.05) is 0 Å².